The SMILES string of the molecule is CCc1ccccc1CNC1CC(C)N(C2CC2)C1. The predicted octanol–water partition coefficient (Wildman–Crippen LogP) is 2.96. The van der Waals surface area contributed by atoms with Gasteiger partial charge in [-0.05, 0) is 43.7 Å². The van der Waals surface area contributed by atoms with Gasteiger partial charge in [-0.3, -0.25) is 4.90 Å². The summed E-state index contributed by atoms with van der Waals surface area (Å²) in [5.74, 6) is 0. The normalized spacial score (nSPS) is 27.9. The van der Waals surface area contributed by atoms with Crippen LogP contribution in [0.4, 0.5) is 0 Å². The van der Waals surface area contributed by atoms with E-state index in [1.54, 1.807) is 0 Å². The number of likely N-dealkylation sites (tertiary alicyclic amines) is 1. The lowest BCUT2D eigenvalue weighted by atomic mass is 10.0. The second-order valence-electron chi connectivity index (χ2n) is 6.21. The summed E-state index contributed by atoms with van der Waals surface area (Å²) in [6, 6.07) is 11.2. The van der Waals surface area contributed by atoms with Crippen LogP contribution in [0.15, 0.2) is 24.3 Å². The largest absolute Gasteiger partial charge is 0.309 e. The number of nitrogens with zero attached hydrogens (tertiary/aromatic N) is 1. The van der Waals surface area contributed by atoms with Crippen molar-refractivity contribution in [3.05, 3.63) is 35.4 Å². The van der Waals surface area contributed by atoms with Gasteiger partial charge in [0.25, 0.3) is 0 Å². The minimum atomic E-state index is 0.681. The third-order valence-corrected chi connectivity index (χ3v) is 4.72. The molecular formula is C17H26N2. The Balaban J connectivity index is 1.55. The molecule has 1 aromatic carbocycles. The molecule has 1 N–H and O–H groups in total. The molecule has 2 unspecified atom stereocenters. The molecule has 2 heteroatoms. The average Bonchev–Trinajstić information content (AvgIpc) is 3.21. The van der Waals surface area contributed by atoms with Crippen molar-refractivity contribution in [1.82, 2.24) is 10.2 Å². The van der Waals surface area contributed by atoms with Crippen molar-refractivity contribution in [1.29, 1.82) is 0 Å². The van der Waals surface area contributed by atoms with Crippen molar-refractivity contribution in [3.8, 4) is 0 Å². The Hall–Kier alpha value is -0.860. The highest BCUT2D eigenvalue weighted by molar-refractivity contribution is 5.26. The van der Waals surface area contributed by atoms with Crippen LogP contribution in [0, 0.1) is 0 Å². The number of benzene rings is 1. The minimum absolute atomic E-state index is 0.681. The third-order valence-electron chi connectivity index (χ3n) is 4.72. The summed E-state index contributed by atoms with van der Waals surface area (Å²) >= 11 is 0. The first-order valence-corrected chi connectivity index (χ1v) is 7.84. The van der Waals surface area contributed by atoms with Gasteiger partial charge in [0.15, 0.2) is 0 Å². The summed E-state index contributed by atoms with van der Waals surface area (Å²) in [7, 11) is 0. The summed E-state index contributed by atoms with van der Waals surface area (Å²) in [5, 5.41) is 3.77. The molecule has 2 atom stereocenters. The lowest BCUT2D eigenvalue weighted by Crippen LogP contribution is -2.34. The molecule has 1 heterocycles. The van der Waals surface area contributed by atoms with E-state index in [9.17, 15) is 0 Å². The first-order valence-electron chi connectivity index (χ1n) is 7.84. The Morgan fingerprint density at radius 1 is 1.21 bits per heavy atom. The van der Waals surface area contributed by atoms with Gasteiger partial charge in [0, 0.05) is 31.2 Å². The monoisotopic (exact) mass is 258 g/mol. The van der Waals surface area contributed by atoms with E-state index in [0.717, 1.165) is 25.0 Å². The van der Waals surface area contributed by atoms with Crippen LogP contribution in [-0.4, -0.2) is 29.6 Å². The van der Waals surface area contributed by atoms with E-state index >= 15 is 0 Å². The molecule has 0 amide bonds. The van der Waals surface area contributed by atoms with Crippen molar-refractivity contribution in [2.24, 2.45) is 0 Å². The third kappa shape index (κ3) is 3.01. The molecule has 1 saturated carbocycles. The molecule has 1 aromatic rings. The Kier molecular flexibility index (Phi) is 3.90. The molecule has 1 aliphatic carbocycles. The fourth-order valence-corrected chi connectivity index (χ4v) is 3.45. The van der Waals surface area contributed by atoms with Crippen LogP contribution in [0.5, 0.6) is 0 Å². The fraction of sp³-hybridized carbons (Fsp3) is 0.647. The summed E-state index contributed by atoms with van der Waals surface area (Å²) in [5.41, 5.74) is 2.96. The molecule has 0 bridgehead atoms. The molecule has 19 heavy (non-hydrogen) atoms. The van der Waals surface area contributed by atoms with E-state index in [-0.39, 0.29) is 0 Å². The van der Waals surface area contributed by atoms with E-state index in [4.69, 9.17) is 0 Å². The number of aryl methyl sites for hydroxylation is 1. The first-order chi connectivity index (χ1) is 9.28. The molecule has 104 valence electrons. The lowest BCUT2D eigenvalue weighted by molar-refractivity contribution is 0.255. The maximum absolute atomic E-state index is 3.77. The zero-order valence-electron chi connectivity index (χ0n) is 12.2. The van der Waals surface area contributed by atoms with Gasteiger partial charge in [0.1, 0.15) is 0 Å². The van der Waals surface area contributed by atoms with Crippen molar-refractivity contribution in [2.75, 3.05) is 6.54 Å². The van der Waals surface area contributed by atoms with Gasteiger partial charge in [-0.2, -0.15) is 0 Å². The molecule has 1 saturated heterocycles. The van der Waals surface area contributed by atoms with E-state index in [1.807, 2.05) is 0 Å². The smallest absolute Gasteiger partial charge is 0.0213 e. The van der Waals surface area contributed by atoms with Crippen molar-refractivity contribution < 1.29 is 0 Å². The van der Waals surface area contributed by atoms with Crippen LogP contribution >= 0.6 is 0 Å². The van der Waals surface area contributed by atoms with E-state index in [1.165, 1.54) is 36.9 Å². The molecule has 1 aliphatic heterocycles. The van der Waals surface area contributed by atoms with Crippen LogP contribution in [-0.2, 0) is 13.0 Å². The summed E-state index contributed by atoms with van der Waals surface area (Å²) in [6.45, 7) is 6.91. The topological polar surface area (TPSA) is 15.3 Å². The number of rotatable bonds is 5. The predicted molar refractivity (Wildman–Crippen MR) is 80.3 cm³/mol. The van der Waals surface area contributed by atoms with Gasteiger partial charge in [0.05, 0.1) is 0 Å². The standard InChI is InChI=1S/C17H26N2/c1-3-14-6-4-5-7-15(14)11-18-16-10-13(2)19(12-16)17-8-9-17/h4-7,13,16-18H,3,8-12H2,1-2H3. The Morgan fingerprint density at radius 2 is 1.95 bits per heavy atom. The highest BCUT2D eigenvalue weighted by Gasteiger charge is 2.38. The van der Waals surface area contributed by atoms with Crippen LogP contribution in [0.1, 0.15) is 44.2 Å². The fourth-order valence-electron chi connectivity index (χ4n) is 3.45. The average molecular weight is 258 g/mol. The van der Waals surface area contributed by atoms with E-state index in [0.29, 0.717) is 6.04 Å². The zero-order valence-corrected chi connectivity index (χ0v) is 12.2. The number of hydrogen-bond acceptors (Lipinski definition) is 2. The summed E-state index contributed by atoms with van der Waals surface area (Å²) in [6.07, 6.45) is 5.30. The number of nitrogens with one attached hydrogen (secondary N) is 1. The molecule has 0 spiro atoms. The molecule has 0 aromatic heterocycles. The quantitative estimate of drug-likeness (QED) is 0.873. The maximum Gasteiger partial charge on any atom is 0.0213 e. The minimum Gasteiger partial charge on any atom is -0.309 e. The Labute approximate surface area is 117 Å². The molecular weight excluding hydrogens is 232 g/mol. The maximum atomic E-state index is 3.77. The Morgan fingerprint density at radius 3 is 2.63 bits per heavy atom. The molecule has 2 nitrogen and oxygen atoms in total. The molecule has 2 fully saturated rings. The van der Waals surface area contributed by atoms with Crippen molar-refractivity contribution in [2.45, 2.75) is 64.2 Å². The van der Waals surface area contributed by atoms with Crippen LogP contribution in [0.25, 0.3) is 0 Å². The van der Waals surface area contributed by atoms with Gasteiger partial charge in [0.2, 0.25) is 0 Å². The van der Waals surface area contributed by atoms with Crippen molar-refractivity contribution >= 4 is 0 Å². The second kappa shape index (κ2) is 5.64. The van der Waals surface area contributed by atoms with Gasteiger partial charge < -0.3 is 5.32 Å². The molecule has 3 rings (SSSR count). The summed E-state index contributed by atoms with van der Waals surface area (Å²) in [4.78, 5) is 2.71. The molecule has 2 aliphatic rings. The highest BCUT2D eigenvalue weighted by Crippen LogP contribution is 2.33. The molecule has 0 radical (unpaired) electrons. The van der Waals surface area contributed by atoms with Crippen LogP contribution < -0.4 is 5.32 Å². The van der Waals surface area contributed by atoms with Crippen LogP contribution in [0.2, 0.25) is 0 Å². The zero-order chi connectivity index (χ0) is 13.2. The highest BCUT2D eigenvalue weighted by atomic mass is 15.3. The number of hydrogen-bond donors (Lipinski definition) is 1. The Bertz CT molecular complexity index is 425. The van der Waals surface area contributed by atoms with E-state index in [2.05, 4.69) is 48.3 Å². The van der Waals surface area contributed by atoms with Crippen molar-refractivity contribution in [3.63, 3.8) is 0 Å². The van der Waals surface area contributed by atoms with Crippen LogP contribution in [0.3, 0.4) is 0 Å². The van der Waals surface area contributed by atoms with Gasteiger partial charge >= 0.3 is 0 Å². The van der Waals surface area contributed by atoms with Gasteiger partial charge in [-0.1, -0.05) is 31.2 Å². The lowest BCUT2D eigenvalue weighted by Gasteiger charge is -2.20. The van der Waals surface area contributed by atoms with Gasteiger partial charge in [-0.15, -0.1) is 0 Å². The first kappa shape index (κ1) is 13.1. The summed E-state index contributed by atoms with van der Waals surface area (Å²) < 4.78 is 0. The van der Waals surface area contributed by atoms with Gasteiger partial charge in [-0.25, -0.2) is 0 Å². The second-order valence-corrected chi connectivity index (χ2v) is 6.21. The van der Waals surface area contributed by atoms with E-state index < -0.39 is 0 Å².